The molecule has 0 unspecified atom stereocenters. The first-order chi connectivity index (χ1) is 15.7. The molecule has 0 bridgehead atoms. The second-order valence-electron chi connectivity index (χ2n) is 7.89. The zero-order chi connectivity index (χ0) is 21.9. The highest BCUT2D eigenvalue weighted by Crippen LogP contribution is 2.44. The highest BCUT2D eigenvalue weighted by molar-refractivity contribution is 8.93. The van der Waals surface area contributed by atoms with E-state index in [0.717, 1.165) is 59.9 Å². The monoisotopic (exact) mass is 523 g/mol. The number of rotatable bonds is 4. The molecule has 2 aromatic carbocycles. The van der Waals surface area contributed by atoms with Gasteiger partial charge in [0.05, 0.1) is 5.70 Å². The third-order valence-electron chi connectivity index (χ3n) is 5.80. The van der Waals surface area contributed by atoms with Crippen molar-refractivity contribution < 1.29 is 4.39 Å². The van der Waals surface area contributed by atoms with Gasteiger partial charge in [-0.3, -0.25) is 0 Å². The van der Waals surface area contributed by atoms with E-state index in [-0.39, 0.29) is 22.8 Å². The SMILES string of the molecule is Br.N#CC(=C1SC=C(c2ccc(F)cc2)N1Cc1ccccc1)c1nnc2n1CCCCC2. The lowest BCUT2D eigenvalue weighted by atomic mass is 10.1. The smallest absolute Gasteiger partial charge is 0.177 e. The number of halogens is 2. The van der Waals surface area contributed by atoms with Gasteiger partial charge in [-0.25, -0.2) is 4.39 Å². The molecule has 8 heteroatoms. The molecule has 0 atom stereocenters. The fourth-order valence-corrected chi connectivity index (χ4v) is 5.20. The minimum absolute atomic E-state index is 0. The van der Waals surface area contributed by atoms with Gasteiger partial charge in [-0.05, 0) is 48.2 Å². The molecule has 5 nitrogen and oxygen atoms in total. The van der Waals surface area contributed by atoms with Crippen LogP contribution in [0.5, 0.6) is 0 Å². The Morgan fingerprint density at radius 3 is 2.58 bits per heavy atom. The summed E-state index contributed by atoms with van der Waals surface area (Å²) >= 11 is 1.51. The Labute approximate surface area is 207 Å². The van der Waals surface area contributed by atoms with Crippen LogP contribution >= 0.6 is 28.7 Å². The fraction of sp³-hybridized carbons (Fsp3) is 0.240. The molecule has 0 aliphatic carbocycles. The van der Waals surface area contributed by atoms with E-state index < -0.39 is 0 Å². The number of aromatic nitrogens is 3. The van der Waals surface area contributed by atoms with E-state index >= 15 is 0 Å². The zero-order valence-electron chi connectivity index (χ0n) is 17.9. The molecule has 0 saturated carbocycles. The van der Waals surface area contributed by atoms with E-state index in [0.29, 0.717) is 17.9 Å². The van der Waals surface area contributed by atoms with Gasteiger partial charge >= 0.3 is 0 Å². The van der Waals surface area contributed by atoms with Gasteiger partial charge in [0, 0.05) is 24.9 Å². The molecule has 0 spiro atoms. The molecule has 0 saturated heterocycles. The third-order valence-corrected chi connectivity index (χ3v) is 6.79. The molecular formula is C25H23BrFN5S. The van der Waals surface area contributed by atoms with Crippen LogP contribution in [0.15, 0.2) is 65.0 Å². The van der Waals surface area contributed by atoms with Gasteiger partial charge in [-0.15, -0.1) is 27.2 Å². The van der Waals surface area contributed by atoms with Crippen molar-refractivity contribution in [3.8, 4) is 6.07 Å². The van der Waals surface area contributed by atoms with Crippen LogP contribution in [0.4, 0.5) is 4.39 Å². The number of aryl methyl sites for hydroxylation is 1. The van der Waals surface area contributed by atoms with E-state index in [1.165, 1.54) is 23.9 Å². The summed E-state index contributed by atoms with van der Waals surface area (Å²) in [5.74, 6) is 1.32. The average molecular weight is 524 g/mol. The Kier molecular flexibility index (Phi) is 7.31. The molecule has 2 aliphatic rings. The fourth-order valence-electron chi connectivity index (χ4n) is 4.17. The highest BCUT2D eigenvalue weighted by Gasteiger charge is 2.29. The molecule has 0 radical (unpaired) electrons. The van der Waals surface area contributed by atoms with Crippen LogP contribution in [0.3, 0.4) is 0 Å². The molecule has 0 fully saturated rings. The van der Waals surface area contributed by atoms with Crippen LogP contribution in [0, 0.1) is 17.1 Å². The molecule has 3 aromatic rings. The maximum atomic E-state index is 13.5. The van der Waals surface area contributed by atoms with Gasteiger partial charge in [0.1, 0.15) is 28.3 Å². The predicted octanol–water partition coefficient (Wildman–Crippen LogP) is 6.16. The van der Waals surface area contributed by atoms with Crippen molar-refractivity contribution in [1.29, 1.82) is 5.26 Å². The first kappa shape index (κ1) is 23.3. The quantitative estimate of drug-likeness (QED) is 0.383. The Morgan fingerprint density at radius 2 is 1.82 bits per heavy atom. The summed E-state index contributed by atoms with van der Waals surface area (Å²) in [4.78, 5) is 2.13. The first-order valence-electron chi connectivity index (χ1n) is 10.8. The van der Waals surface area contributed by atoms with Gasteiger partial charge in [0.2, 0.25) is 0 Å². The Hall–Kier alpha value is -2.89. The van der Waals surface area contributed by atoms with Gasteiger partial charge < -0.3 is 9.47 Å². The standard InChI is InChI=1S/C25H22FN5S.BrH/c26-20-12-10-19(11-13-20)22-17-32-25(31(22)16-18-7-3-1-4-8-18)21(15-27)24-29-28-23-9-5-2-6-14-30(23)24;/h1,3-4,7-8,10-13,17H,2,5-6,9,14,16H2;1H. The van der Waals surface area contributed by atoms with Crippen LogP contribution in [-0.4, -0.2) is 19.7 Å². The van der Waals surface area contributed by atoms with Crippen LogP contribution < -0.4 is 0 Å². The Bertz CT molecular complexity index is 1230. The number of benzene rings is 2. The molecular weight excluding hydrogens is 501 g/mol. The first-order valence-corrected chi connectivity index (χ1v) is 11.6. The van der Waals surface area contributed by atoms with E-state index in [9.17, 15) is 9.65 Å². The van der Waals surface area contributed by atoms with E-state index in [4.69, 9.17) is 0 Å². The van der Waals surface area contributed by atoms with Crippen LogP contribution in [0.2, 0.25) is 0 Å². The largest absolute Gasteiger partial charge is 0.329 e. The second kappa shape index (κ2) is 10.4. The van der Waals surface area contributed by atoms with Crippen molar-refractivity contribution in [2.24, 2.45) is 0 Å². The normalized spacial score (nSPS) is 16.8. The maximum absolute atomic E-state index is 13.5. The minimum Gasteiger partial charge on any atom is -0.329 e. The van der Waals surface area contributed by atoms with E-state index in [1.54, 1.807) is 12.1 Å². The number of allylic oxidation sites excluding steroid dienone is 1. The van der Waals surface area contributed by atoms with Crippen molar-refractivity contribution in [3.05, 3.63) is 93.6 Å². The predicted molar refractivity (Wildman–Crippen MR) is 134 cm³/mol. The molecule has 3 heterocycles. The molecule has 5 rings (SSSR count). The molecule has 33 heavy (non-hydrogen) atoms. The molecule has 1 aromatic heterocycles. The van der Waals surface area contributed by atoms with Crippen molar-refractivity contribution in [3.63, 3.8) is 0 Å². The summed E-state index contributed by atoms with van der Waals surface area (Å²) in [6, 6.07) is 19.0. The minimum atomic E-state index is -0.269. The summed E-state index contributed by atoms with van der Waals surface area (Å²) in [5, 5.41) is 21.9. The van der Waals surface area contributed by atoms with Crippen LogP contribution in [0.1, 0.15) is 42.0 Å². The number of fused-ring (bicyclic) bond motifs is 1. The zero-order valence-corrected chi connectivity index (χ0v) is 20.5. The third kappa shape index (κ3) is 4.75. The van der Waals surface area contributed by atoms with Gasteiger partial charge in [-0.2, -0.15) is 5.26 Å². The molecule has 2 aliphatic heterocycles. The highest BCUT2D eigenvalue weighted by atomic mass is 79.9. The number of hydrogen-bond acceptors (Lipinski definition) is 5. The summed E-state index contributed by atoms with van der Waals surface area (Å²) in [7, 11) is 0. The Morgan fingerprint density at radius 1 is 1.03 bits per heavy atom. The van der Waals surface area contributed by atoms with Crippen LogP contribution in [-0.2, 0) is 19.5 Å². The van der Waals surface area contributed by atoms with Crippen molar-refractivity contribution in [2.45, 2.75) is 38.8 Å². The number of thioether (sulfide) groups is 1. The van der Waals surface area contributed by atoms with Crippen molar-refractivity contribution in [1.82, 2.24) is 19.7 Å². The maximum Gasteiger partial charge on any atom is 0.177 e. The average Bonchev–Trinajstić information content (AvgIpc) is 3.32. The number of nitriles is 1. The number of nitrogens with zero attached hydrogens (tertiary/aromatic N) is 5. The lowest BCUT2D eigenvalue weighted by Crippen LogP contribution is -2.18. The second-order valence-corrected chi connectivity index (χ2v) is 8.75. The van der Waals surface area contributed by atoms with Gasteiger partial charge in [-0.1, -0.05) is 48.5 Å². The summed E-state index contributed by atoms with van der Waals surface area (Å²) in [5.41, 5.74) is 3.50. The topological polar surface area (TPSA) is 57.7 Å². The van der Waals surface area contributed by atoms with E-state index in [2.05, 4.69) is 37.9 Å². The summed E-state index contributed by atoms with van der Waals surface area (Å²) in [6.45, 7) is 1.43. The molecule has 0 amide bonds. The Balaban J connectivity index is 0.00000259. The van der Waals surface area contributed by atoms with Gasteiger partial charge in [0.15, 0.2) is 5.82 Å². The lowest BCUT2D eigenvalue weighted by Gasteiger charge is -2.25. The van der Waals surface area contributed by atoms with Crippen molar-refractivity contribution >= 4 is 40.0 Å². The summed E-state index contributed by atoms with van der Waals surface area (Å²) in [6.07, 6.45) is 4.21. The van der Waals surface area contributed by atoms with E-state index in [1.807, 2.05) is 23.6 Å². The number of hydrogen-bond donors (Lipinski definition) is 0. The van der Waals surface area contributed by atoms with Crippen LogP contribution in [0.25, 0.3) is 11.3 Å². The lowest BCUT2D eigenvalue weighted by molar-refractivity contribution is 0.521. The molecule has 168 valence electrons. The molecule has 0 N–H and O–H groups in total. The van der Waals surface area contributed by atoms with Gasteiger partial charge in [0.25, 0.3) is 0 Å². The summed E-state index contributed by atoms with van der Waals surface area (Å²) < 4.78 is 15.7. The van der Waals surface area contributed by atoms with Crippen molar-refractivity contribution in [2.75, 3.05) is 0 Å².